The molecule has 0 bridgehead atoms. The number of likely N-dealkylation sites (tertiary alicyclic amines) is 1. The molecule has 1 fully saturated rings. The number of carbonyl (C=O) groups is 1. The molecule has 5 nitrogen and oxygen atoms in total. The van der Waals surface area contributed by atoms with E-state index in [1.54, 1.807) is 31.6 Å². The summed E-state index contributed by atoms with van der Waals surface area (Å²) < 4.78 is 11.1. The topological polar surface area (TPSA) is 51.7 Å². The van der Waals surface area contributed by atoms with Crippen LogP contribution in [-0.4, -0.2) is 42.1 Å². The summed E-state index contributed by atoms with van der Waals surface area (Å²) in [7, 11) is 1.63. The van der Waals surface area contributed by atoms with Gasteiger partial charge >= 0.3 is 0 Å². The monoisotopic (exact) mass is 372 g/mol. The Kier molecular flexibility index (Phi) is 6.12. The van der Waals surface area contributed by atoms with Crippen molar-refractivity contribution in [1.29, 1.82) is 0 Å². The van der Waals surface area contributed by atoms with E-state index < -0.39 is 0 Å². The van der Waals surface area contributed by atoms with Crippen LogP contribution in [0.4, 0.5) is 0 Å². The maximum absolute atomic E-state index is 12.5. The van der Waals surface area contributed by atoms with E-state index in [0.29, 0.717) is 17.3 Å². The lowest BCUT2D eigenvalue weighted by molar-refractivity contribution is -0.128. The highest BCUT2D eigenvalue weighted by Crippen LogP contribution is 2.25. The largest absolute Gasteiger partial charge is 0.497 e. The molecule has 0 radical (unpaired) electrons. The predicted octanol–water partition coefficient (Wildman–Crippen LogP) is 3.83. The van der Waals surface area contributed by atoms with Crippen molar-refractivity contribution in [2.24, 2.45) is 0 Å². The third-order valence-electron chi connectivity index (χ3n) is 4.25. The SMILES string of the molecule is COc1ccc(C=CC(=O)N2CCCC(Oc3ccncc3Cl)C2)cc1. The zero-order valence-corrected chi connectivity index (χ0v) is 15.4. The van der Waals surface area contributed by atoms with Crippen LogP contribution >= 0.6 is 11.6 Å². The molecule has 1 aliphatic heterocycles. The van der Waals surface area contributed by atoms with Crippen molar-refractivity contribution >= 4 is 23.6 Å². The summed E-state index contributed by atoms with van der Waals surface area (Å²) >= 11 is 6.09. The summed E-state index contributed by atoms with van der Waals surface area (Å²) in [5.41, 5.74) is 0.951. The van der Waals surface area contributed by atoms with Gasteiger partial charge in [0.05, 0.1) is 13.7 Å². The number of nitrogens with zero attached hydrogens (tertiary/aromatic N) is 2. The zero-order chi connectivity index (χ0) is 18.4. The van der Waals surface area contributed by atoms with E-state index >= 15 is 0 Å². The summed E-state index contributed by atoms with van der Waals surface area (Å²) in [6.07, 6.45) is 8.34. The molecule has 1 unspecified atom stereocenters. The quantitative estimate of drug-likeness (QED) is 0.748. The number of carbonyl (C=O) groups excluding carboxylic acids is 1. The zero-order valence-electron chi connectivity index (χ0n) is 14.6. The Hall–Kier alpha value is -2.53. The molecule has 0 saturated carbocycles. The standard InChI is InChI=1S/C20H21ClN2O3/c1-25-16-7-4-15(5-8-16)6-9-20(24)23-12-2-3-17(14-23)26-19-10-11-22-13-18(19)21/h4-11,13,17H,2-3,12,14H2,1H3. The number of benzene rings is 1. The van der Waals surface area contributed by atoms with E-state index in [4.69, 9.17) is 21.1 Å². The third kappa shape index (κ3) is 4.76. The molecule has 1 amide bonds. The van der Waals surface area contributed by atoms with Crippen LogP contribution in [0.2, 0.25) is 5.02 Å². The summed E-state index contributed by atoms with van der Waals surface area (Å²) in [6.45, 7) is 1.28. The number of rotatable bonds is 5. The van der Waals surface area contributed by atoms with Crippen molar-refractivity contribution in [2.45, 2.75) is 18.9 Å². The minimum Gasteiger partial charge on any atom is -0.497 e. The van der Waals surface area contributed by atoms with Crippen LogP contribution in [0, 0.1) is 0 Å². The Morgan fingerprint density at radius 1 is 1.31 bits per heavy atom. The summed E-state index contributed by atoms with van der Waals surface area (Å²) in [4.78, 5) is 18.2. The van der Waals surface area contributed by atoms with E-state index in [2.05, 4.69) is 4.98 Å². The number of hydrogen-bond donors (Lipinski definition) is 0. The molecule has 1 saturated heterocycles. The average molecular weight is 373 g/mol. The second kappa shape index (κ2) is 8.72. The first-order valence-electron chi connectivity index (χ1n) is 8.53. The number of pyridine rings is 1. The fraction of sp³-hybridized carbons (Fsp3) is 0.300. The van der Waals surface area contributed by atoms with Crippen molar-refractivity contribution in [3.8, 4) is 11.5 Å². The first-order valence-corrected chi connectivity index (χ1v) is 8.90. The van der Waals surface area contributed by atoms with Gasteiger partial charge in [0.2, 0.25) is 5.91 Å². The Morgan fingerprint density at radius 2 is 2.12 bits per heavy atom. The van der Waals surface area contributed by atoms with Crippen molar-refractivity contribution in [3.63, 3.8) is 0 Å². The van der Waals surface area contributed by atoms with Crippen molar-refractivity contribution < 1.29 is 14.3 Å². The van der Waals surface area contributed by atoms with Crippen LogP contribution in [0.25, 0.3) is 6.08 Å². The van der Waals surface area contributed by atoms with E-state index in [-0.39, 0.29) is 12.0 Å². The van der Waals surface area contributed by atoms with Crippen LogP contribution in [0.3, 0.4) is 0 Å². The average Bonchev–Trinajstić information content (AvgIpc) is 2.68. The van der Waals surface area contributed by atoms with Gasteiger partial charge in [-0.2, -0.15) is 0 Å². The molecular weight excluding hydrogens is 352 g/mol. The highest BCUT2D eigenvalue weighted by molar-refractivity contribution is 6.31. The number of ether oxygens (including phenoxy) is 2. The second-order valence-corrected chi connectivity index (χ2v) is 6.49. The van der Waals surface area contributed by atoms with Gasteiger partial charge in [0.1, 0.15) is 22.6 Å². The molecule has 2 heterocycles. The lowest BCUT2D eigenvalue weighted by Crippen LogP contribution is -2.43. The summed E-state index contributed by atoms with van der Waals surface area (Å²) in [5.74, 6) is 1.38. The van der Waals surface area contributed by atoms with Gasteiger partial charge in [0.15, 0.2) is 0 Å². The molecule has 3 rings (SSSR count). The molecule has 0 aliphatic carbocycles. The number of amides is 1. The van der Waals surface area contributed by atoms with Crippen LogP contribution in [0.5, 0.6) is 11.5 Å². The fourth-order valence-corrected chi connectivity index (χ4v) is 3.02. The molecule has 6 heteroatoms. The minimum absolute atomic E-state index is 0.0186. The Bertz CT molecular complexity index is 777. The fourth-order valence-electron chi connectivity index (χ4n) is 2.86. The van der Waals surface area contributed by atoms with Crippen LogP contribution in [-0.2, 0) is 4.79 Å². The van der Waals surface area contributed by atoms with Crippen LogP contribution in [0.15, 0.2) is 48.8 Å². The van der Waals surface area contributed by atoms with Gasteiger partial charge in [-0.25, -0.2) is 0 Å². The van der Waals surface area contributed by atoms with Gasteiger partial charge < -0.3 is 14.4 Å². The maximum atomic E-state index is 12.5. The van der Waals surface area contributed by atoms with E-state index in [1.807, 2.05) is 35.2 Å². The maximum Gasteiger partial charge on any atom is 0.246 e. The molecule has 1 aliphatic rings. The number of hydrogen-bond acceptors (Lipinski definition) is 4. The van der Waals surface area contributed by atoms with Gasteiger partial charge in [-0.3, -0.25) is 9.78 Å². The Balaban J connectivity index is 1.58. The molecule has 0 N–H and O–H groups in total. The molecule has 26 heavy (non-hydrogen) atoms. The molecular formula is C20H21ClN2O3. The normalized spacial score (nSPS) is 17.3. The highest BCUT2D eigenvalue weighted by Gasteiger charge is 2.24. The smallest absolute Gasteiger partial charge is 0.246 e. The van der Waals surface area contributed by atoms with Gasteiger partial charge in [0, 0.05) is 31.1 Å². The first-order chi connectivity index (χ1) is 12.7. The lowest BCUT2D eigenvalue weighted by Gasteiger charge is -2.32. The number of aromatic nitrogens is 1. The molecule has 136 valence electrons. The Morgan fingerprint density at radius 3 is 2.85 bits per heavy atom. The molecule has 1 aromatic carbocycles. The molecule has 0 spiro atoms. The van der Waals surface area contributed by atoms with Crippen molar-refractivity contribution in [2.75, 3.05) is 20.2 Å². The van der Waals surface area contributed by atoms with Crippen LogP contribution < -0.4 is 9.47 Å². The first kappa shape index (κ1) is 18.3. The van der Waals surface area contributed by atoms with E-state index in [0.717, 1.165) is 30.7 Å². The second-order valence-electron chi connectivity index (χ2n) is 6.08. The summed E-state index contributed by atoms with van der Waals surface area (Å²) in [5, 5.41) is 0.482. The van der Waals surface area contributed by atoms with Gasteiger partial charge in [-0.1, -0.05) is 23.7 Å². The molecule has 2 aromatic rings. The molecule has 1 atom stereocenters. The third-order valence-corrected chi connectivity index (χ3v) is 4.54. The summed E-state index contributed by atoms with van der Waals surface area (Å²) in [6, 6.07) is 9.31. The van der Waals surface area contributed by atoms with Crippen molar-refractivity contribution in [1.82, 2.24) is 9.88 Å². The molecule has 1 aromatic heterocycles. The van der Waals surface area contributed by atoms with Crippen LogP contribution in [0.1, 0.15) is 18.4 Å². The Labute approximate surface area is 158 Å². The number of halogens is 1. The van der Waals surface area contributed by atoms with Gasteiger partial charge in [-0.05, 0) is 36.6 Å². The lowest BCUT2D eigenvalue weighted by atomic mass is 10.1. The van der Waals surface area contributed by atoms with Crippen molar-refractivity contribution in [3.05, 3.63) is 59.4 Å². The van der Waals surface area contributed by atoms with E-state index in [9.17, 15) is 4.79 Å². The van der Waals surface area contributed by atoms with Gasteiger partial charge in [0.25, 0.3) is 0 Å². The predicted molar refractivity (Wildman–Crippen MR) is 102 cm³/mol. The minimum atomic E-state index is -0.0676. The number of piperidine rings is 1. The highest BCUT2D eigenvalue weighted by atomic mass is 35.5. The van der Waals surface area contributed by atoms with E-state index in [1.165, 1.54) is 0 Å². The van der Waals surface area contributed by atoms with Gasteiger partial charge in [-0.15, -0.1) is 0 Å². The number of methoxy groups -OCH3 is 1.